The Morgan fingerprint density at radius 2 is 1.88 bits per heavy atom. The third kappa shape index (κ3) is 2.71. The Labute approximate surface area is 113 Å². The molecule has 0 aromatic carbocycles. The molecule has 0 bridgehead atoms. The number of rotatable bonds is 1. The van der Waals surface area contributed by atoms with E-state index in [0.717, 1.165) is 5.92 Å². The van der Waals surface area contributed by atoms with Gasteiger partial charge in [0.1, 0.15) is 0 Å². The third-order valence-corrected chi connectivity index (χ3v) is 5.38. The van der Waals surface area contributed by atoms with Gasteiger partial charge in [0.25, 0.3) is 0 Å². The summed E-state index contributed by atoms with van der Waals surface area (Å²) in [7, 11) is 0. The third-order valence-electron chi connectivity index (χ3n) is 5.38. The van der Waals surface area contributed by atoms with Crippen molar-refractivity contribution in [1.82, 2.24) is 0 Å². The molecule has 2 aliphatic rings. The quantitative estimate of drug-likeness (QED) is 0.696. The van der Waals surface area contributed by atoms with Crippen LogP contribution < -0.4 is 5.73 Å². The highest BCUT2D eigenvalue weighted by Gasteiger charge is 2.49. The number of hydrogen-bond acceptors (Lipinski definition) is 1. The molecule has 0 amide bonds. The van der Waals surface area contributed by atoms with E-state index in [1.165, 1.54) is 44.1 Å². The fourth-order valence-electron chi connectivity index (χ4n) is 4.22. The first-order chi connectivity index (χ1) is 7.35. The second-order valence-corrected chi connectivity index (χ2v) is 6.88. The Hall–Kier alpha value is -0.0100. The molecule has 2 fully saturated rings. The average molecular weight is 258 g/mol. The maximum atomic E-state index is 6.55. The van der Waals surface area contributed by atoms with Gasteiger partial charge in [0.2, 0.25) is 0 Å². The Bertz CT molecular complexity index is 297. The molecule has 4 atom stereocenters. The van der Waals surface area contributed by atoms with Crippen molar-refractivity contribution < 1.29 is 0 Å². The van der Waals surface area contributed by atoms with E-state index in [1.807, 2.05) is 0 Å². The predicted octanol–water partition coefficient (Wildman–Crippen LogP) is 4.31. The molecule has 1 nitrogen and oxygen atoms in total. The number of allylic oxidation sites excluding steroid dienone is 1. The first-order valence-electron chi connectivity index (χ1n) is 6.79. The van der Waals surface area contributed by atoms with E-state index in [1.54, 1.807) is 0 Å². The van der Waals surface area contributed by atoms with Crippen LogP contribution in [0, 0.1) is 17.3 Å². The van der Waals surface area contributed by atoms with Gasteiger partial charge in [-0.15, -0.1) is 12.4 Å². The highest BCUT2D eigenvalue weighted by Crippen LogP contribution is 2.55. The van der Waals surface area contributed by atoms with E-state index < -0.39 is 0 Å². The van der Waals surface area contributed by atoms with E-state index in [2.05, 4.69) is 27.4 Å². The molecule has 0 aliphatic heterocycles. The lowest BCUT2D eigenvalue weighted by Crippen LogP contribution is -2.56. The normalized spacial score (nSPS) is 45.6. The van der Waals surface area contributed by atoms with Crippen molar-refractivity contribution in [2.24, 2.45) is 23.0 Å². The van der Waals surface area contributed by atoms with Crippen LogP contribution in [0.25, 0.3) is 0 Å². The molecule has 100 valence electrons. The molecule has 0 heterocycles. The zero-order valence-corrected chi connectivity index (χ0v) is 12.4. The van der Waals surface area contributed by atoms with Crippen molar-refractivity contribution in [3.63, 3.8) is 0 Å². The Morgan fingerprint density at radius 1 is 1.24 bits per heavy atom. The fraction of sp³-hybridized carbons (Fsp3) is 0.867. The lowest BCUT2D eigenvalue weighted by atomic mass is 9.52. The highest BCUT2D eigenvalue weighted by molar-refractivity contribution is 5.85. The molecule has 0 aromatic heterocycles. The average Bonchev–Trinajstić information content (AvgIpc) is 2.15. The second kappa shape index (κ2) is 4.93. The molecule has 2 saturated carbocycles. The van der Waals surface area contributed by atoms with Gasteiger partial charge in [-0.1, -0.05) is 25.5 Å². The molecule has 0 aromatic rings. The maximum Gasteiger partial charge on any atom is 0.0159 e. The first kappa shape index (κ1) is 15.0. The molecule has 2 N–H and O–H groups in total. The lowest BCUT2D eigenvalue weighted by molar-refractivity contribution is -0.00848. The monoisotopic (exact) mass is 257 g/mol. The summed E-state index contributed by atoms with van der Waals surface area (Å²) >= 11 is 0. The number of hydrogen-bond donors (Lipinski definition) is 1. The van der Waals surface area contributed by atoms with Crippen LogP contribution in [0.1, 0.15) is 59.3 Å². The smallest absolute Gasteiger partial charge is 0.0159 e. The zero-order valence-electron chi connectivity index (χ0n) is 11.6. The predicted molar refractivity (Wildman–Crippen MR) is 77.4 cm³/mol. The summed E-state index contributed by atoms with van der Waals surface area (Å²) in [4.78, 5) is 0. The molecule has 0 radical (unpaired) electrons. The van der Waals surface area contributed by atoms with Crippen molar-refractivity contribution >= 4 is 12.4 Å². The summed E-state index contributed by atoms with van der Waals surface area (Å²) < 4.78 is 0. The Kier molecular flexibility index (Phi) is 4.37. The van der Waals surface area contributed by atoms with E-state index in [4.69, 9.17) is 5.73 Å². The molecule has 17 heavy (non-hydrogen) atoms. The van der Waals surface area contributed by atoms with Gasteiger partial charge >= 0.3 is 0 Å². The Morgan fingerprint density at radius 3 is 2.47 bits per heavy atom. The summed E-state index contributed by atoms with van der Waals surface area (Å²) in [5.41, 5.74) is 8.48. The minimum Gasteiger partial charge on any atom is -0.325 e. The van der Waals surface area contributed by atoms with Crippen LogP contribution >= 0.6 is 12.4 Å². The van der Waals surface area contributed by atoms with Crippen molar-refractivity contribution in [3.8, 4) is 0 Å². The summed E-state index contributed by atoms with van der Waals surface area (Å²) in [5.74, 6) is 1.42. The SMILES string of the molecule is C=C(C)[C@H]1CC[C@@]2(C)CCC[C@@](C)(N)[C@@H]2C1.Cl. The molecule has 2 aliphatic carbocycles. The largest absolute Gasteiger partial charge is 0.325 e. The van der Waals surface area contributed by atoms with Crippen molar-refractivity contribution in [2.45, 2.75) is 64.8 Å². The van der Waals surface area contributed by atoms with Crippen molar-refractivity contribution in [1.29, 1.82) is 0 Å². The van der Waals surface area contributed by atoms with Crippen LogP contribution in [0.3, 0.4) is 0 Å². The minimum absolute atomic E-state index is 0. The van der Waals surface area contributed by atoms with Crippen LogP contribution in [0.4, 0.5) is 0 Å². The van der Waals surface area contributed by atoms with Crippen LogP contribution in [0.5, 0.6) is 0 Å². The van der Waals surface area contributed by atoms with Gasteiger partial charge in [-0.3, -0.25) is 0 Å². The molecule has 2 rings (SSSR count). The van der Waals surface area contributed by atoms with Crippen molar-refractivity contribution in [3.05, 3.63) is 12.2 Å². The summed E-state index contributed by atoms with van der Waals surface area (Å²) in [6.45, 7) is 11.1. The number of nitrogens with two attached hydrogens (primary N) is 1. The standard InChI is InChI=1S/C15H27N.ClH/c1-11(2)12-6-9-14(3)7-5-8-15(4,16)13(14)10-12;/h12-13H,1,5-10,16H2,2-4H3;1H/t12-,13+,14+,15+;/m0./s1. The molecule has 0 spiro atoms. The van der Waals surface area contributed by atoms with Gasteiger partial charge < -0.3 is 5.73 Å². The lowest BCUT2D eigenvalue weighted by Gasteiger charge is -2.55. The first-order valence-corrected chi connectivity index (χ1v) is 6.79. The maximum absolute atomic E-state index is 6.55. The van der Waals surface area contributed by atoms with Gasteiger partial charge in [0, 0.05) is 5.54 Å². The molecule has 2 heteroatoms. The fourth-order valence-corrected chi connectivity index (χ4v) is 4.22. The Balaban J connectivity index is 0.00000144. The second-order valence-electron chi connectivity index (χ2n) is 6.88. The highest BCUT2D eigenvalue weighted by atomic mass is 35.5. The molecule has 0 unspecified atom stereocenters. The van der Waals surface area contributed by atoms with Crippen LogP contribution in [0.2, 0.25) is 0 Å². The summed E-state index contributed by atoms with van der Waals surface area (Å²) in [6, 6.07) is 0. The van der Waals surface area contributed by atoms with Gasteiger partial charge in [0.15, 0.2) is 0 Å². The summed E-state index contributed by atoms with van der Waals surface area (Å²) in [5, 5.41) is 0. The van der Waals surface area contributed by atoms with E-state index in [-0.39, 0.29) is 17.9 Å². The molecular weight excluding hydrogens is 230 g/mol. The van der Waals surface area contributed by atoms with Crippen LogP contribution in [0.15, 0.2) is 12.2 Å². The van der Waals surface area contributed by atoms with E-state index in [0.29, 0.717) is 11.3 Å². The number of halogens is 1. The summed E-state index contributed by atoms with van der Waals surface area (Å²) in [6.07, 6.45) is 7.86. The zero-order chi connectivity index (χ0) is 12.0. The molecule has 0 saturated heterocycles. The van der Waals surface area contributed by atoms with Crippen LogP contribution in [-0.4, -0.2) is 5.54 Å². The van der Waals surface area contributed by atoms with Crippen molar-refractivity contribution in [2.75, 3.05) is 0 Å². The topological polar surface area (TPSA) is 26.0 Å². The van der Waals surface area contributed by atoms with Gasteiger partial charge in [-0.25, -0.2) is 0 Å². The number of fused-ring (bicyclic) bond motifs is 1. The molecular formula is C15H28ClN. The van der Waals surface area contributed by atoms with E-state index in [9.17, 15) is 0 Å². The van der Waals surface area contributed by atoms with Gasteiger partial charge in [-0.05, 0) is 63.2 Å². The van der Waals surface area contributed by atoms with Gasteiger partial charge in [0.05, 0.1) is 0 Å². The van der Waals surface area contributed by atoms with Crippen LogP contribution in [-0.2, 0) is 0 Å². The minimum atomic E-state index is 0. The van der Waals surface area contributed by atoms with Gasteiger partial charge in [-0.2, -0.15) is 0 Å². The van der Waals surface area contributed by atoms with E-state index >= 15 is 0 Å².